The van der Waals surface area contributed by atoms with Crippen LogP contribution in [0.2, 0.25) is 5.02 Å². The maximum Gasteiger partial charge on any atom is 0.338 e. The Balaban J connectivity index is 1.98. The molecule has 1 atom stereocenters. The highest BCUT2D eigenvalue weighted by Crippen LogP contribution is 2.36. The third-order valence-electron chi connectivity index (χ3n) is 5.52. The minimum Gasteiger partial charge on any atom is -0.493 e. The number of rotatable bonds is 6. The van der Waals surface area contributed by atoms with E-state index in [4.69, 9.17) is 25.8 Å². The van der Waals surface area contributed by atoms with E-state index in [0.717, 1.165) is 5.56 Å². The van der Waals surface area contributed by atoms with Crippen LogP contribution in [-0.2, 0) is 9.53 Å². The summed E-state index contributed by atoms with van der Waals surface area (Å²) in [6, 6.07) is 12.2. The van der Waals surface area contributed by atoms with Gasteiger partial charge in [-0.3, -0.25) is 9.36 Å². The molecule has 1 aromatic heterocycles. The number of fused-ring (bicyclic) bond motifs is 1. The number of aromatic nitrogens is 1. The summed E-state index contributed by atoms with van der Waals surface area (Å²) in [6.45, 7) is 1.92. The molecular weight excluding hydrogens is 476 g/mol. The van der Waals surface area contributed by atoms with E-state index in [9.17, 15) is 9.59 Å². The lowest BCUT2D eigenvalue weighted by Crippen LogP contribution is -2.40. The van der Waals surface area contributed by atoms with Gasteiger partial charge in [0.05, 0.1) is 48.2 Å². The number of ether oxygens (including phenoxy) is 3. The Morgan fingerprint density at radius 1 is 1.18 bits per heavy atom. The lowest BCUT2D eigenvalue weighted by atomic mass is 9.95. The molecule has 1 aliphatic heterocycles. The molecule has 0 saturated carbocycles. The molecule has 4 rings (SSSR count). The predicted octanol–water partition coefficient (Wildman–Crippen LogP) is 3.47. The van der Waals surface area contributed by atoms with Crippen LogP contribution in [-0.4, -0.2) is 31.9 Å². The molecule has 0 fully saturated rings. The van der Waals surface area contributed by atoms with Crippen molar-refractivity contribution < 1.29 is 19.0 Å². The molecule has 7 nitrogen and oxygen atoms in total. The van der Waals surface area contributed by atoms with Crippen molar-refractivity contribution in [2.75, 3.05) is 21.3 Å². The van der Waals surface area contributed by atoms with E-state index in [1.165, 1.54) is 32.7 Å². The number of methoxy groups -OCH3 is 3. The number of thiazole rings is 1. The van der Waals surface area contributed by atoms with Crippen LogP contribution < -0.4 is 24.4 Å². The van der Waals surface area contributed by atoms with Crippen molar-refractivity contribution in [3.05, 3.63) is 89.6 Å². The van der Waals surface area contributed by atoms with Crippen LogP contribution in [0.25, 0.3) is 6.08 Å². The molecule has 2 heterocycles. The molecule has 3 aromatic rings. The van der Waals surface area contributed by atoms with E-state index < -0.39 is 12.0 Å². The first kappa shape index (κ1) is 23.8. The van der Waals surface area contributed by atoms with Crippen molar-refractivity contribution in [2.24, 2.45) is 4.99 Å². The molecule has 2 aromatic carbocycles. The van der Waals surface area contributed by atoms with Crippen LogP contribution >= 0.6 is 22.9 Å². The highest BCUT2D eigenvalue weighted by molar-refractivity contribution is 7.07. The molecule has 0 saturated heterocycles. The summed E-state index contributed by atoms with van der Waals surface area (Å²) in [5, 5.41) is 0.365. The van der Waals surface area contributed by atoms with Gasteiger partial charge in [-0.15, -0.1) is 0 Å². The highest BCUT2D eigenvalue weighted by atomic mass is 35.5. The van der Waals surface area contributed by atoms with Crippen LogP contribution in [0.1, 0.15) is 30.5 Å². The monoisotopic (exact) mass is 498 g/mol. The summed E-state index contributed by atoms with van der Waals surface area (Å²) in [5.41, 5.74) is 2.17. The van der Waals surface area contributed by atoms with Gasteiger partial charge in [0, 0.05) is 0 Å². The van der Waals surface area contributed by atoms with Crippen molar-refractivity contribution >= 4 is 35.0 Å². The molecule has 176 valence electrons. The zero-order chi connectivity index (χ0) is 24.4. The maximum absolute atomic E-state index is 13.6. The van der Waals surface area contributed by atoms with Crippen LogP contribution in [0.5, 0.6) is 11.5 Å². The molecule has 0 aliphatic carbocycles. The Morgan fingerprint density at radius 3 is 2.53 bits per heavy atom. The predicted molar refractivity (Wildman–Crippen MR) is 131 cm³/mol. The number of carbonyl (C=O) groups excluding carboxylic acids is 1. The number of benzene rings is 2. The molecule has 0 bridgehead atoms. The zero-order valence-corrected chi connectivity index (χ0v) is 20.7. The van der Waals surface area contributed by atoms with E-state index >= 15 is 0 Å². The second-order valence-electron chi connectivity index (χ2n) is 7.44. The van der Waals surface area contributed by atoms with Crippen LogP contribution in [0.15, 0.2) is 63.5 Å². The third kappa shape index (κ3) is 4.15. The minimum atomic E-state index is -0.643. The fourth-order valence-electron chi connectivity index (χ4n) is 3.99. The van der Waals surface area contributed by atoms with Gasteiger partial charge in [0.2, 0.25) is 0 Å². The SMILES string of the molecule is CCC1=C(C(=O)OC)[C@@H](c2ccccc2)n2c(s/c(=C\c3cc(Cl)c(OC)c(OC)c3)c2=O)=N1. The Morgan fingerprint density at radius 2 is 1.91 bits per heavy atom. The number of hydrogen-bond acceptors (Lipinski definition) is 7. The molecule has 9 heteroatoms. The standard InChI is InChI=1S/C25H23ClN2O5S/c1-5-17-20(24(30)33-4)21(15-9-7-6-8-10-15)28-23(29)19(34-25(28)27-17)13-14-11-16(26)22(32-3)18(12-14)31-2/h6-13,21H,5H2,1-4H3/b19-13-/t21-/m1/s1. The molecular formula is C25H23ClN2O5S. The summed E-state index contributed by atoms with van der Waals surface area (Å²) in [6.07, 6.45) is 2.25. The largest absolute Gasteiger partial charge is 0.493 e. The minimum absolute atomic E-state index is 0.264. The van der Waals surface area contributed by atoms with E-state index in [-0.39, 0.29) is 5.56 Å². The average Bonchev–Trinajstić information content (AvgIpc) is 3.16. The zero-order valence-electron chi connectivity index (χ0n) is 19.1. The van der Waals surface area contributed by atoms with E-state index in [2.05, 4.69) is 4.99 Å². The first-order valence-electron chi connectivity index (χ1n) is 10.5. The first-order valence-corrected chi connectivity index (χ1v) is 11.7. The van der Waals surface area contributed by atoms with Crippen LogP contribution in [0.4, 0.5) is 0 Å². The van der Waals surface area contributed by atoms with E-state index in [1.807, 2.05) is 37.3 Å². The fraction of sp³-hybridized carbons (Fsp3) is 0.240. The van der Waals surface area contributed by atoms with Crippen molar-refractivity contribution in [1.82, 2.24) is 4.57 Å². The van der Waals surface area contributed by atoms with Crippen molar-refractivity contribution in [3.8, 4) is 11.5 Å². The van der Waals surface area contributed by atoms with Crippen LogP contribution in [0, 0.1) is 0 Å². The quantitative estimate of drug-likeness (QED) is 0.486. The topological polar surface area (TPSA) is 79.1 Å². The summed E-state index contributed by atoms with van der Waals surface area (Å²) in [7, 11) is 4.36. The lowest BCUT2D eigenvalue weighted by Gasteiger charge is -2.25. The van der Waals surface area contributed by atoms with Crippen molar-refractivity contribution in [2.45, 2.75) is 19.4 Å². The van der Waals surface area contributed by atoms with E-state index in [1.54, 1.807) is 22.8 Å². The van der Waals surface area contributed by atoms with Gasteiger partial charge in [0.1, 0.15) is 0 Å². The van der Waals surface area contributed by atoms with Crippen LogP contribution in [0.3, 0.4) is 0 Å². The number of esters is 1. The molecule has 0 spiro atoms. The Bertz CT molecular complexity index is 1460. The normalized spacial score (nSPS) is 15.6. The number of carbonyl (C=O) groups is 1. The number of hydrogen-bond donors (Lipinski definition) is 0. The van der Waals surface area contributed by atoms with Gasteiger partial charge >= 0.3 is 5.97 Å². The number of halogens is 1. The molecule has 0 unspecified atom stereocenters. The molecule has 0 radical (unpaired) electrons. The van der Waals surface area contributed by atoms with Crippen molar-refractivity contribution in [1.29, 1.82) is 0 Å². The van der Waals surface area contributed by atoms with Gasteiger partial charge in [-0.25, -0.2) is 9.79 Å². The maximum atomic E-state index is 13.6. The summed E-state index contributed by atoms with van der Waals surface area (Å²) in [5.74, 6) is 0.370. The molecule has 0 N–H and O–H groups in total. The number of nitrogens with zero attached hydrogens (tertiary/aromatic N) is 2. The van der Waals surface area contributed by atoms with Gasteiger partial charge in [0.15, 0.2) is 16.3 Å². The number of allylic oxidation sites excluding steroid dienone is 1. The fourth-order valence-corrected chi connectivity index (χ4v) is 5.30. The van der Waals surface area contributed by atoms with Gasteiger partial charge in [-0.2, -0.15) is 0 Å². The molecule has 34 heavy (non-hydrogen) atoms. The summed E-state index contributed by atoms with van der Waals surface area (Å²) >= 11 is 7.60. The summed E-state index contributed by atoms with van der Waals surface area (Å²) in [4.78, 5) is 31.6. The summed E-state index contributed by atoms with van der Waals surface area (Å²) < 4.78 is 17.8. The highest BCUT2D eigenvalue weighted by Gasteiger charge is 2.33. The van der Waals surface area contributed by atoms with Gasteiger partial charge in [-0.05, 0) is 35.8 Å². The Kier molecular flexibility index (Phi) is 6.90. The van der Waals surface area contributed by atoms with Gasteiger partial charge < -0.3 is 14.2 Å². The second kappa shape index (κ2) is 9.87. The average molecular weight is 499 g/mol. The Labute approximate surface area is 205 Å². The first-order chi connectivity index (χ1) is 16.4. The van der Waals surface area contributed by atoms with Gasteiger partial charge in [0.25, 0.3) is 5.56 Å². The van der Waals surface area contributed by atoms with Crippen molar-refractivity contribution in [3.63, 3.8) is 0 Å². The second-order valence-corrected chi connectivity index (χ2v) is 8.85. The van der Waals surface area contributed by atoms with E-state index in [0.29, 0.717) is 49.1 Å². The smallest absolute Gasteiger partial charge is 0.338 e. The Hall–Kier alpha value is -3.36. The molecule has 0 amide bonds. The van der Waals surface area contributed by atoms with Gasteiger partial charge in [-0.1, -0.05) is 60.2 Å². The lowest BCUT2D eigenvalue weighted by molar-refractivity contribution is -0.136. The third-order valence-corrected chi connectivity index (χ3v) is 6.78. The molecule has 1 aliphatic rings.